The molecule has 29 heavy (non-hydrogen) atoms. The van der Waals surface area contributed by atoms with Gasteiger partial charge in [-0.2, -0.15) is 0 Å². The molecule has 0 amide bonds. The van der Waals surface area contributed by atoms with Crippen molar-refractivity contribution >= 4 is 11.9 Å². The number of benzene rings is 1. The predicted molar refractivity (Wildman–Crippen MR) is 113 cm³/mol. The quantitative estimate of drug-likeness (QED) is 0.293. The lowest BCUT2D eigenvalue weighted by Crippen LogP contribution is -2.20. The minimum atomic E-state index is -0.504. The summed E-state index contributed by atoms with van der Waals surface area (Å²) < 4.78 is 16.2. The van der Waals surface area contributed by atoms with Gasteiger partial charge < -0.3 is 14.2 Å². The van der Waals surface area contributed by atoms with Crippen molar-refractivity contribution in [1.29, 1.82) is 0 Å². The molecule has 2 rings (SSSR count). The first-order valence-electron chi connectivity index (χ1n) is 11.3. The number of ether oxygens (including phenoxy) is 3. The van der Waals surface area contributed by atoms with Crippen molar-refractivity contribution in [3.05, 3.63) is 35.4 Å². The lowest BCUT2D eigenvalue weighted by atomic mass is 10.1. The third-order valence-corrected chi connectivity index (χ3v) is 5.27. The van der Waals surface area contributed by atoms with Crippen LogP contribution in [0.4, 0.5) is 0 Å². The Morgan fingerprint density at radius 1 is 0.897 bits per heavy atom. The van der Waals surface area contributed by atoms with Gasteiger partial charge in [-0.3, -0.25) is 0 Å². The first kappa shape index (κ1) is 23.4. The minimum absolute atomic E-state index is 0.0373. The topological polar surface area (TPSA) is 61.8 Å². The van der Waals surface area contributed by atoms with Crippen molar-refractivity contribution in [3.8, 4) is 0 Å². The standard InChI is InChI=1S/C24H36O5/c1-2-3-4-5-6-7-8-9-12-17-28-23(25)21-15-10-11-16-22(21)24(26)29-19-20-14-13-18-27-20/h10-11,15-16,20H,2-9,12-14,17-19H2,1H3. The first-order valence-corrected chi connectivity index (χ1v) is 11.3. The molecule has 1 saturated heterocycles. The molecule has 0 spiro atoms. The molecule has 1 aliphatic heterocycles. The van der Waals surface area contributed by atoms with Crippen LogP contribution in [0.1, 0.15) is 98.3 Å². The third-order valence-electron chi connectivity index (χ3n) is 5.27. The Kier molecular flexibility index (Phi) is 11.4. The Balaban J connectivity index is 1.66. The maximum atomic E-state index is 12.4. The molecule has 0 N–H and O–H groups in total. The second kappa shape index (κ2) is 14.2. The fraction of sp³-hybridized carbons (Fsp3) is 0.667. The number of esters is 2. The van der Waals surface area contributed by atoms with E-state index in [9.17, 15) is 9.59 Å². The van der Waals surface area contributed by atoms with E-state index in [4.69, 9.17) is 14.2 Å². The SMILES string of the molecule is CCCCCCCCCCCOC(=O)c1ccccc1C(=O)OCC1CCCO1. The van der Waals surface area contributed by atoms with Crippen molar-refractivity contribution < 1.29 is 23.8 Å². The number of hydrogen-bond donors (Lipinski definition) is 0. The van der Waals surface area contributed by atoms with E-state index < -0.39 is 11.9 Å². The average molecular weight is 405 g/mol. The van der Waals surface area contributed by atoms with Crippen LogP contribution >= 0.6 is 0 Å². The Morgan fingerprint density at radius 2 is 1.48 bits per heavy atom. The highest BCUT2D eigenvalue weighted by Crippen LogP contribution is 2.16. The van der Waals surface area contributed by atoms with Gasteiger partial charge in [0.25, 0.3) is 0 Å². The van der Waals surface area contributed by atoms with E-state index in [0.29, 0.717) is 13.2 Å². The first-order chi connectivity index (χ1) is 14.2. The van der Waals surface area contributed by atoms with Crippen LogP contribution in [-0.2, 0) is 14.2 Å². The fourth-order valence-electron chi connectivity index (χ4n) is 3.52. The molecule has 0 bridgehead atoms. The van der Waals surface area contributed by atoms with Gasteiger partial charge in [-0.1, -0.05) is 70.4 Å². The highest BCUT2D eigenvalue weighted by atomic mass is 16.6. The van der Waals surface area contributed by atoms with Crippen LogP contribution < -0.4 is 0 Å². The van der Waals surface area contributed by atoms with Crippen LogP contribution in [0.15, 0.2) is 24.3 Å². The Morgan fingerprint density at radius 3 is 2.07 bits per heavy atom. The zero-order valence-electron chi connectivity index (χ0n) is 17.8. The molecule has 1 fully saturated rings. The van der Waals surface area contributed by atoms with E-state index >= 15 is 0 Å². The molecule has 5 nitrogen and oxygen atoms in total. The molecule has 0 aliphatic carbocycles. The van der Waals surface area contributed by atoms with Gasteiger partial charge in [0.1, 0.15) is 6.61 Å². The molecule has 1 unspecified atom stereocenters. The van der Waals surface area contributed by atoms with Gasteiger partial charge in [-0.05, 0) is 31.4 Å². The van der Waals surface area contributed by atoms with Crippen LogP contribution in [0, 0.1) is 0 Å². The molecule has 1 aliphatic rings. The highest BCUT2D eigenvalue weighted by Gasteiger charge is 2.22. The molecular weight excluding hydrogens is 368 g/mol. The van der Waals surface area contributed by atoms with Gasteiger partial charge in [0.2, 0.25) is 0 Å². The lowest BCUT2D eigenvalue weighted by molar-refractivity contribution is 0.0157. The summed E-state index contributed by atoms with van der Waals surface area (Å²) in [5.74, 6) is -0.967. The third kappa shape index (κ3) is 8.99. The fourth-order valence-corrected chi connectivity index (χ4v) is 3.52. The van der Waals surface area contributed by atoms with E-state index in [0.717, 1.165) is 25.7 Å². The molecule has 0 saturated carbocycles. The van der Waals surface area contributed by atoms with Crippen LogP contribution in [-0.4, -0.2) is 37.9 Å². The average Bonchev–Trinajstić information content (AvgIpc) is 3.27. The minimum Gasteiger partial charge on any atom is -0.462 e. The largest absolute Gasteiger partial charge is 0.462 e. The maximum Gasteiger partial charge on any atom is 0.339 e. The Hall–Kier alpha value is -1.88. The molecule has 1 aromatic carbocycles. The summed E-state index contributed by atoms with van der Waals surface area (Å²) in [5, 5.41) is 0. The summed E-state index contributed by atoms with van der Waals surface area (Å²) in [5.41, 5.74) is 0.517. The molecule has 1 heterocycles. The summed E-state index contributed by atoms with van der Waals surface area (Å²) >= 11 is 0. The summed E-state index contributed by atoms with van der Waals surface area (Å²) in [6.07, 6.45) is 12.8. The maximum absolute atomic E-state index is 12.4. The van der Waals surface area contributed by atoms with Crippen molar-refractivity contribution in [3.63, 3.8) is 0 Å². The number of unbranched alkanes of at least 4 members (excludes halogenated alkanes) is 8. The second-order valence-corrected chi connectivity index (χ2v) is 7.74. The highest BCUT2D eigenvalue weighted by molar-refractivity contribution is 6.03. The summed E-state index contributed by atoms with van der Waals surface area (Å²) in [4.78, 5) is 24.8. The molecule has 0 aromatic heterocycles. The second-order valence-electron chi connectivity index (χ2n) is 7.74. The van der Waals surface area contributed by atoms with Crippen molar-refractivity contribution in [2.75, 3.05) is 19.8 Å². The van der Waals surface area contributed by atoms with Crippen LogP contribution in [0.2, 0.25) is 0 Å². The van der Waals surface area contributed by atoms with Gasteiger partial charge in [0.05, 0.1) is 23.8 Å². The van der Waals surface area contributed by atoms with Crippen molar-refractivity contribution in [1.82, 2.24) is 0 Å². The summed E-state index contributed by atoms with van der Waals surface area (Å²) in [6, 6.07) is 6.67. The van der Waals surface area contributed by atoms with Gasteiger partial charge >= 0.3 is 11.9 Å². The van der Waals surface area contributed by atoms with E-state index in [1.54, 1.807) is 24.3 Å². The summed E-state index contributed by atoms with van der Waals surface area (Å²) in [6.45, 7) is 3.55. The van der Waals surface area contributed by atoms with Gasteiger partial charge in [0.15, 0.2) is 0 Å². The zero-order valence-corrected chi connectivity index (χ0v) is 17.8. The van der Waals surface area contributed by atoms with E-state index in [1.165, 1.54) is 44.9 Å². The molecular formula is C24H36O5. The Bertz CT molecular complexity index is 607. The number of hydrogen-bond acceptors (Lipinski definition) is 5. The van der Waals surface area contributed by atoms with E-state index in [1.807, 2.05) is 0 Å². The molecule has 162 valence electrons. The molecule has 1 atom stereocenters. The normalized spacial score (nSPS) is 16.0. The number of carbonyl (C=O) groups excluding carboxylic acids is 2. The van der Waals surface area contributed by atoms with Gasteiger partial charge in [-0.25, -0.2) is 9.59 Å². The van der Waals surface area contributed by atoms with Crippen LogP contribution in [0.3, 0.4) is 0 Å². The van der Waals surface area contributed by atoms with Crippen molar-refractivity contribution in [2.45, 2.75) is 83.7 Å². The molecule has 1 aromatic rings. The van der Waals surface area contributed by atoms with E-state index in [2.05, 4.69) is 6.92 Å². The molecule has 0 radical (unpaired) electrons. The smallest absolute Gasteiger partial charge is 0.339 e. The van der Waals surface area contributed by atoms with Crippen LogP contribution in [0.25, 0.3) is 0 Å². The van der Waals surface area contributed by atoms with E-state index in [-0.39, 0.29) is 23.8 Å². The lowest BCUT2D eigenvalue weighted by Gasteiger charge is -2.12. The van der Waals surface area contributed by atoms with Gasteiger partial charge in [-0.15, -0.1) is 0 Å². The van der Waals surface area contributed by atoms with Gasteiger partial charge in [0, 0.05) is 6.61 Å². The predicted octanol–water partition coefficient (Wildman–Crippen LogP) is 5.71. The van der Waals surface area contributed by atoms with Crippen molar-refractivity contribution in [2.24, 2.45) is 0 Å². The monoisotopic (exact) mass is 404 g/mol. The van der Waals surface area contributed by atoms with Crippen LogP contribution in [0.5, 0.6) is 0 Å². The number of carbonyl (C=O) groups is 2. The molecule has 5 heteroatoms. The number of rotatable bonds is 14. The Labute approximate surface area is 175 Å². The summed E-state index contributed by atoms with van der Waals surface area (Å²) in [7, 11) is 0. The zero-order chi connectivity index (χ0) is 20.7.